The summed E-state index contributed by atoms with van der Waals surface area (Å²) >= 11 is 3.44. The van der Waals surface area contributed by atoms with E-state index in [1.54, 1.807) is 0 Å². The van der Waals surface area contributed by atoms with Crippen molar-refractivity contribution in [2.45, 2.75) is 13.1 Å². The molecule has 0 saturated heterocycles. The number of nitrogens with one attached hydrogen (secondary N) is 1. The zero-order valence-electron chi connectivity index (χ0n) is 11.6. The molecule has 0 spiro atoms. The molecule has 0 atom stereocenters. The SMILES string of the molecule is Brc1ccc(-c2ccc(CNCc3ccccc3)o2)cc1. The minimum Gasteiger partial charge on any atom is -0.460 e. The van der Waals surface area contributed by atoms with E-state index in [0.29, 0.717) is 0 Å². The van der Waals surface area contributed by atoms with Crippen molar-refractivity contribution >= 4 is 15.9 Å². The van der Waals surface area contributed by atoms with Gasteiger partial charge in [0.05, 0.1) is 6.54 Å². The maximum absolute atomic E-state index is 5.87. The Bertz CT molecular complexity index is 689. The Morgan fingerprint density at radius 3 is 2.33 bits per heavy atom. The van der Waals surface area contributed by atoms with E-state index in [4.69, 9.17) is 4.42 Å². The van der Waals surface area contributed by atoms with Gasteiger partial charge in [0.15, 0.2) is 0 Å². The molecule has 3 rings (SSSR count). The number of hydrogen-bond donors (Lipinski definition) is 1. The molecule has 0 aliphatic carbocycles. The number of furan rings is 1. The molecule has 1 heterocycles. The summed E-state index contributed by atoms with van der Waals surface area (Å²) in [4.78, 5) is 0. The van der Waals surface area contributed by atoms with Crippen molar-refractivity contribution in [2.24, 2.45) is 0 Å². The fourth-order valence-corrected chi connectivity index (χ4v) is 2.43. The van der Waals surface area contributed by atoms with Gasteiger partial charge < -0.3 is 9.73 Å². The summed E-state index contributed by atoms with van der Waals surface area (Å²) in [6, 6.07) is 22.5. The van der Waals surface area contributed by atoms with E-state index >= 15 is 0 Å². The summed E-state index contributed by atoms with van der Waals surface area (Å²) < 4.78 is 6.94. The molecule has 0 aliphatic heterocycles. The highest BCUT2D eigenvalue weighted by atomic mass is 79.9. The molecule has 0 saturated carbocycles. The van der Waals surface area contributed by atoms with Crippen LogP contribution in [0.15, 0.2) is 75.6 Å². The highest BCUT2D eigenvalue weighted by molar-refractivity contribution is 9.10. The molecular formula is C18H16BrNO. The van der Waals surface area contributed by atoms with E-state index < -0.39 is 0 Å². The summed E-state index contributed by atoms with van der Waals surface area (Å²) in [5.41, 5.74) is 2.37. The monoisotopic (exact) mass is 341 g/mol. The molecule has 0 radical (unpaired) electrons. The number of benzene rings is 2. The number of halogens is 1. The maximum atomic E-state index is 5.87. The largest absolute Gasteiger partial charge is 0.460 e. The Morgan fingerprint density at radius 2 is 1.57 bits per heavy atom. The molecule has 3 heteroatoms. The standard InChI is InChI=1S/C18H16BrNO/c19-16-8-6-15(7-9-16)18-11-10-17(21-18)13-20-12-14-4-2-1-3-5-14/h1-11,20H,12-13H2. The minimum atomic E-state index is 0.728. The van der Waals surface area contributed by atoms with Gasteiger partial charge in [0, 0.05) is 16.6 Å². The fourth-order valence-electron chi connectivity index (χ4n) is 2.17. The van der Waals surface area contributed by atoms with Crippen LogP contribution in [-0.2, 0) is 13.1 Å². The van der Waals surface area contributed by atoms with E-state index in [0.717, 1.165) is 34.6 Å². The molecule has 2 aromatic carbocycles. The third-order valence-electron chi connectivity index (χ3n) is 3.26. The Morgan fingerprint density at radius 1 is 0.810 bits per heavy atom. The minimum absolute atomic E-state index is 0.728. The normalized spacial score (nSPS) is 10.7. The molecule has 106 valence electrons. The summed E-state index contributed by atoms with van der Waals surface area (Å²) in [6.45, 7) is 1.57. The molecule has 1 N–H and O–H groups in total. The second-order valence-electron chi connectivity index (χ2n) is 4.86. The first-order valence-electron chi connectivity index (χ1n) is 6.90. The van der Waals surface area contributed by atoms with Crippen molar-refractivity contribution in [1.82, 2.24) is 5.32 Å². The van der Waals surface area contributed by atoms with Gasteiger partial charge in [-0.1, -0.05) is 58.4 Å². The summed E-state index contributed by atoms with van der Waals surface area (Å²) in [6.07, 6.45) is 0. The fraction of sp³-hybridized carbons (Fsp3) is 0.111. The average molecular weight is 342 g/mol. The van der Waals surface area contributed by atoms with Gasteiger partial charge in [0.2, 0.25) is 0 Å². The van der Waals surface area contributed by atoms with Crippen LogP contribution in [0.1, 0.15) is 11.3 Å². The zero-order chi connectivity index (χ0) is 14.5. The third-order valence-corrected chi connectivity index (χ3v) is 3.79. The first-order valence-corrected chi connectivity index (χ1v) is 7.70. The smallest absolute Gasteiger partial charge is 0.134 e. The van der Waals surface area contributed by atoms with Crippen molar-refractivity contribution in [3.63, 3.8) is 0 Å². The van der Waals surface area contributed by atoms with Gasteiger partial charge in [-0.05, 0) is 29.8 Å². The molecule has 0 fully saturated rings. The van der Waals surface area contributed by atoms with Crippen molar-refractivity contribution < 1.29 is 4.42 Å². The number of rotatable bonds is 5. The molecule has 0 bridgehead atoms. The van der Waals surface area contributed by atoms with Crippen LogP contribution >= 0.6 is 15.9 Å². The van der Waals surface area contributed by atoms with E-state index in [1.807, 2.05) is 42.5 Å². The van der Waals surface area contributed by atoms with E-state index in [9.17, 15) is 0 Å². The summed E-state index contributed by atoms with van der Waals surface area (Å²) in [5.74, 6) is 1.85. The Hall–Kier alpha value is -1.84. The van der Waals surface area contributed by atoms with Crippen molar-refractivity contribution in [3.05, 3.63) is 82.5 Å². The predicted octanol–water partition coefficient (Wildman–Crippen LogP) is 5.00. The van der Waals surface area contributed by atoms with Gasteiger partial charge in [0.25, 0.3) is 0 Å². The third kappa shape index (κ3) is 3.84. The molecule has 0 unspecified atom stereocenters. The molecule has 2 nitrogen and oxygen atoms in total. The maximum Gasteiger partial charge on any atom is 0.134 e. The molecule has 21 heavy (non-hydrogen) atoms. The topological polar surface area (TPSA) is 25.2 Å². The Labute approximate surface area is 132 Å². The van der Waals surface area contributed by atoms with Crippen LogP contribution in [0.25, 0.3) is 11.3 Å². The molecule has 3 aromatic rings. The second kappa shape index (κ2) is 6.74. The van der Waals surface area contributed by atoms with Gasteiger partial charge >= 0.3 is 0 Å². The Kier molecular flexibility index (Phi) is 4.53. The van der Waals surface area contributed by atoms with Crippen LogP contribution in [0.5, 0.6) is 0 Å². The lowest BCUT2D eigenvalue weighted by molar-refractivity contribution is 0.493. The number of hydrogen-bond acceptors (Lipinski definition) is 2. The van der Waals surface area contributed by atoms with Crippen molar-refractivity contribution in [2.75, 3.05) is 0 Å². The molecule has 0 aliphatic rings. The van der Waals surface area contributed by atoms with E-state index in [2.05, 4.69) is 45.5 Å². The predicted molar refractivity (Wildman–Crippen MR) is 88.8 cm³/mol. The summed E-state index contributed by atoms with van der Waals surface area (Å²) in [5, 5.41) is 3.39. The quantitative estimate of drug-likeness (QED) is 0.706. The molecule has 0 amide bonds. The van der Waals surface area contributed by atoms with Crippen molar-refractivity contribution in [1.29, 1.82) is 0 Å². The highest BCUT2D eigenvalue weighted by Crippen LogP contribution is 2.23. The van der Waals surface area contributed by atoms with Gasteiger partial charge in [0.1, 0.15) is 11.5 Å². The summed E-state index contributed by atoms with van der Waals surface area (Å²) in [7, 11) is 0. The lowest BCUT2D eigenvalue weighted by atomic mass is 10.2. The van der Waals surface area contributed by atoms with Gasteiger partial charge in [-0.2, -0.15) is 0 Å². The highest BCUT2D eigenvalue weighted by Gasteiger charge is 2.04. The van der Waals surface area contributed by atoms with Gasteiger partial charge in [-0.15, -0.1) is 0 Å². The zero-order valence-corrected chi connectivity index (χ0v) is 13.1. The van der Waals surface area contributed by atoms with Gasteiger partial charge in [-0.25, -0.2) is 0 Å². The second-order valence-corrected chi connectivity index (χ2v) is 5.78. The van der Waals surface area contributed by atoms with Crippen LogP contribution < -0.4 is 5.32 Å². The van der Waals surface area contributed by atoms with Gasteiger partial charge in [-0.3, -0.25) is 0 Å². The first kappa shape index (κ1) is 14.1. The lowest BCUT2D eigenvalue weighted by Crippen LogP contribution is -2.11. The van der Waals surface area contributed by atoms with Crippen LogP contribution in [0.3, 0.4) is 0 Å². The molecular weight excluding hydrogens is 326 g/mol. The first-order chi connectivity index (χ1) is 10.3. The van der Waals surface area contributed by atoms with E-state index in [-0.39, 0.29) is 0 Å². The van der Waals surface area contributed by atoms with Crippen LogP contribution in [0.4, 0.5) is 0 Å². The van der Waals surface area contributed by atoms with Crippen LogP contribution in [0.2, 0.25) is 0 Å². The lowest BCUT2D eigenvalue weighted by Gasteiger charge is -2.03. The van der Waals surface area contributed by atoms with Crippen LogP contribution in [-0.4, -0.2) is 0 Å². The van der Waals surface area contributed by atoms with Crippen LogP contribution in [0, 0.1) is 0 Å². The molecule has 1 aromatic heterocycles. The Balaban J connectivity index is 1.59. The average Bonchev–Trinajstić information content (AvgIpc) is 2.98. The van der Waals surface area contributed by atoms with E-state index in [1.165, 1.54) is 5.56 Å². The van der Waals surface area contributed by atoms with Crippen molar-refractivity contribution in [3.8, 4) is 11.3 Å².